The van der Waals surface area contributed by atoms with Crippen molar-refractivity contribution in [2.24, 2.45) is 0 Å². The van der Waals surface area contributed by atoms with Crippen molar-refractivity contribution in [1.29, 1.82) is 0 Å². The normalized spacial score (nSPS) is 16.1. The number of benzene rings is 1. The van der Waals surface area contributed by atoms with Gasteiger partial charge in [0.2, 0.25) is 15.9 Å². The molecule has 1 aromatic carbocycles. The van der Waals surface area contributed by atoms with E-state index in [-0.39, 0.29) is 22.8 Å². The maximum Gasteiger partial charge on any atom is 0.422 e. The van der Waals surface area contributed by atoms with Crippen molar-refractivity contribution < 1.29 is 31.1 Å². The fourth-order valence-corrected chi connectivity index (χ4v) is 4.47. The van der Waals surface area contributed by atoms with Crippen LogP contribution < -0.4 is 10.1 Å². The third-order valence-corrected chi connectivity index (χ3v) is 6.29. The van der Waals surface area contributed by atoms with Crippen LogP contribution in [0.15, 0.2) is 35.7 Å². The second-order valence-corrected chi connectivity index (χ2v) is 8.69. The Balaban J connectivity index is 2.32. The number of ether oxygens (including phenoxy) is 1. The Morgan fingerprint density at radius 1 is 1.21 bits per heavy atom. The van der Waals surface area contributed by atoms with Crippen molar-refractivity contribution in [3.63, 3.8) is 0 Å². The van der Waals surface area contributed by atoms with Crippen molar-refractivity contribution in [2.45, 2.75) is 49.6 Å². The summed E-state index contributed by atoms with van der Waals surface area (Å²) in [6.07, 6.45) is 0.777. The number of anilines is 1. The third kappa shape index (κ3) is 7.04. The first-order chi connectivity index (χ1) is 13.6. The molecule has 6 nitrogen and oxygen atoms in total. The zero-order chi connectivity index (χ0) is 21.5. The highest BCUT2D eigenvalue weighted by atomic mass is 32.2. The zero-order valence-corrected chi connectivity index (χ0v) is 16.8. The molecule has 0 unspecified atom stereocenters. The van der Waals surface area contributed by atoms with Gasteiger partial charge in [-0.3, -0.25) is 4.79 Å². The van der Waals surface area contributed by atoms with E-state index in [1.807, 2.05) is 0 Å². The molecule has 1 aliphatic heterocycles. The van der Waals surface area contributed by atoms with Crippen molar-refractivity contribution in [3.8, 4) is 5.75 Å². The number of halogens is 3. The van der Waals surface area contributed by atoms with Gasteiger partial charge in [-0.05, 0) is 37.5 Å². The van der Waals surface area contributed by atoms with Crippen molar-refractivity contribution in [3.05, 3.63) is 30.9 Å². The number of carbonyl (C=O) groups excluding carboxylic acids is 1. The Morgan fingerprint density at radius 2 is 1.86 bits per heavy atom. The van der Waals surface area contributed by atoms with Gasteiger partial charge in [0, 0.05) is 19.5 Å². The molecule has 29 heavy (non-hydrogen) atoms. The average Bonchev–Trinajstić information content (AvgIpc) is 2.94. The number of carbonyl (C=O) groups is 1. The first kappa shape index (κ1) is 23.2. The molecule has 0 aromatic heterocycles. The predicted molar refractivity (Wildman–Crippen MR) is 103 cm³/mol. The summed E-state index contributed by atoms with van der Waals surface area (Å²) in [6, 6.07) is 3.49. The SMILES string of the molecule is C=CCCC(=O)Nc1cc(S(=O)(=O)N2CCCCCC2)ccc1OCC(F)(F)F. The molecular formula is C19H25F3N2O4S. The van der Waals surface area contributed by atoms with E-state index in [0.29, 0.717) is 19.5 Å². The van der Waals surface area contributed by atoms with Crippen LogP contribution >= 0.6 is 0 Å². The van der Waals surface area contributed by atoms with Crippen molar-refractivity contribution in [2.75, 3.05) is 25.0 Å². The largest absolute Gasteiger partial charge is 0.482 e. The summed E-state index contributed by atoms with van der Waals surface area (Å²) in [5.41, 5.74) is -0.112. The summed E-state index contributed by atoms with van der Waals surface area (Å²) in [4.78, 5) is 11.9. The first-order valence-corrected chi connectivity index (χ1v) is 10.8. The fourth-order valence-electron chi connectivity index (χ4n) is 2.93. The smallest absolute Gasteiger partial charge is 0.422 e. The van der Waals surface area contributed by atoms with Gasteiger partial charge in [0.05, 0.1) is 10.6 Å². The molecule has 0 spiro atoms. The highest BCUT2D eigenvalue weighted by Gasteiger charge is 2.30. The van der Waals surface area contributed by atoms with Gasteiger partial charge >= 0.3 is 6.18 Å². The lowest BCUT2D eigenvalue weighted by molar-refractivity contribution is -0.153. The van der Waals surface area contributed by atoms with Crippen molar-refractivity contribution in [1.82, 2.24) is 4.31 Å². The first-order valence-electron chi connectivity index (χ1n) is 9.38. The number of allylic oxidation sites excluding steroid dienone is 1. The molecule has 1 amide bonds. The van der Waals surface area contributed by atoms with Gasteiger partial charge in [-0.2, -0.15) is 17.5 Å². The maximum absolute atomic E-state index is 13.0. The van der Waals surface area contributed by atoms with Crippen LogP contribution in [0.3, 0.4) is 0 Å². The van der Waals surface area contributed by atoms with Crippen LogP contribution in [0.4, 0.5) is 18.9 Å². The average molecular weight is 434 g/mol. The standard InChI is InChI=1S/C19H25F3N2O4S/c1-2-3-8-18(25)23-16-13-15(9-10-17(16)28-14-19(20,21)22)29(26,27)24-11-6-4-5-7-12-24/h2,9-10,13H,1,3-8,11-12,14H2,(H,23,25). The second kappa shape index (κ2) is 10.1. The third-order valence-electron chi connectivity index (χ3n) is 4.39. The quantitative estimate of drug-likeness (QED) is 0.625. The molecule has 2 rings (SSSR count). The van der Waals surface area contributed by atoms with Gasteiger partial charge in [-0.25, -0.2) is 8.42 Å². The zero-order valence-electron chi connectivity index (χ0n) is 16.0. The number of nitrogens with one attached hydrogen (secondary N) is 1. The van der Waals surface area contributed by atoms with Crippen LogP contribution in [0.5, 0.6) is 5.75 Å². The number of rotatable bonds is 8. The number of hydrogen-bond acceptors (Lipinski definition) is 4. The van der Waals surface area contributed by atoms with E-state index in [9.17, 15) is 26.4 Å². The van der Waals surface area contributed by atoms with E-state index in [2.05, 4.69) is 11.9 Å². The minimum atomic E-state index is -4.57. The topological polar surface area (TPSA) is 75.7 Å². The van der Waals surface area contributed by atoms with Crippen LogP contribution in [-0.4, -0.2) is 44.5 Å². The Morgan fingerprint density at radius 3 is 2.45 bits per heavy atom. The molecule has 0 saturated carbocycles. The van der Waals surface area contributed by atoms with Gasteiger partial charge in [0.15, 0.2) is 6.61 Å². The predicted octanol–water partition coefficient (Wildman–Crippen LogP) is 4.10. The van der Waals surface area contributed by atoms with E-state index < -0.39 is 28.7 Å². The Bertz CT molecular complexity index is 817. The van der Waals surface area contributed by atoms with Gasteiger partial charge in [-0.1, -0.05) is 18.9 Å². The molecule has 1 aliphatic rings. The van der Waals surface area contributed by atoms with Crippen LogP contribution in [0.2, 0.25) is 0 Å². The lowest BCUT2D eigenvalue weighted by Crippen LogP contribution is -2.32. The highest BCUT2D eigenvalue weighted by molar-refractivity contribution is 7.89. The van der Waals surface area contributed by atoms with E-state index in [4.69, 9.17) is 4.74 Å². The molecule has 0 radical (unpaired) electrons. The molecule has 10 heteroatoms. The van der Waals surface area contributed by atoms with Gasteiger partial charge in [-0.15, -0.1) is 6.58 Å². The van der Waals surface area contributed by atoms with Crippen LogP contribution in [0.1, 0.15) is 38.5 Å². The molecule has 0 atom stereocenters. The number of hydrogen-bond donors (Lipinski definition) is 1. The molecule has 1 N–H and O–H groups in total. The van der Waals surface area contributed by atoms with Crippen molar-refractivity contribution >= 4 is 21.6 Å². The fraction of sp³-hybridized carbons (Fsp3) is 0.526. The lowest BCUT2D eigenvalue weighted by atomic mass is 10.2. The Kier molecular flexibility index (Phi) is 8.09. The van der Waals surface area contributed by atoms with E-state index in [1.165, 1.54) is 16.4 Å². The summed E-state index contributed by atoms with van der Waals surface area (Å²) < 4.78 is 69.6. The number of alkyl halides is 3. The molecule has 0 bridgehead atoms. The molecular weight excluding hydrogens is 409 g/mol. The molecule has 162 valence electrons. The molecule has 0 aliphatic carbocycles. The molecule has 1 aromatic rings. The second-order valence-electron chi connectivity index (χ2n) is 6.76. The molecule has 1 fully saturated rings. The molecule has 1 saturated heterocycles. The lowest BCUT2D eigenvalue weighted by Gasteiger charge is -2.21. The van der Waals surface area contributed by atoms with E-state index >= 15 is 0 Å². The minimum absolute atomic E-state index is 0.0608. The maximum atomic E-state index is 13.0. The van der Waals surface area contributed by atoms with Crippen LogP contribution in [0, 0.1) is 0 Å². The number of amides is 1. The monoisotopic (exact) mass is 434 g/mol. The van der Waals surface area contributed by atoms with Gasteiger partial charge in [0.1, 0.15) is 5.75 Å². The summed E-state index contributed by atoms with van der Waals surface area (Å²) in [6.45, 7) is 2.72. The Hall–Kier alpha value is -2.07. The van der Waals surface area contributed by atoms with Gasteiger partial charge in [0.25, 0.3) is 0 Å². The number of nitrogens with zero attached hydrogens (tertiary/aromatic N) is 1. The minimum Gasteiger partial charge on any atom is -0.482 e. The van der Waals surface area contributed by atoms with Crippen LogP contribution in [0.25, 0.3) is 0 Å². The summed E-state index contributed by atoms with van der Waals surface area (Å²) >= 11 is 0. The van der Waals surface area contributed by atoms with Crippen LogP contribution in [-0.2, 0) is 14.8 Å². The summed E-state index contributed by atoms with van der Waals surface area (Å²) in [7, 11) is -3.83. The Labute approximate surface area is 168 Å². The highest BCUT2D eigenvalue weighted by Crippen LogP contribution is 2.31. The summed E-state index contributed by atoms with van der Waals surface area (Å²) in [5, 5.41) is 2.45. The van der Waals surface area contributed by atoms with E-state index in [1.54, 1.807) is 0 Å². The van der Waals surface area contributed by atoms with E-state index in [0.717, 1.165) is 37.8 Å². The summed E-state index contributed by atoms with van der Waals surface area (Å²) in [5.74, 6) is -0.727. The number of sulfonamides is 1. The molecule has 1 heterocycles. The van der Waals surface area contributed by atoms with Gasteiger partial charge < -0.3 is 10.1 Å².